The molecule has 0 amide bonds. The summed E-state index contributed by atoms with van der Waals surface area (Å²) in [6.45, 7) is 3.84. The summed E-state index contributed by atoms with van der Waals surface area (Å²) < 4.78 is 38.6. The van der Waals surface area contributed by atoms with Crippen molar-refractivity contribution in [1.82, 2.24) is 9.62 Å². The van der Waals surface area contributed by atoms with Crippen LogP contribution in [0, 0.1) is 6.92 Å². The largest absolute Gasteiger partial charge is 0.497 e. The zero-order valence-corrected chi connectivity index (χ0v) is 17.5. The molecule has 6 nitrogen and oxygen atoms in total. The minimum atomic E-state index is -3.63. The molecule has 0 aliphatic carbocycles. The van der Waals surface area contributed by atoms with Gasteiger partial charge in [0.25, 0.3) is 0 Å². The van der Waals surface area contributed by atoms with E-state index in [0.29, 0.717) is 24.9 Å². The highest BCUT2D eigenvalue weighted by Crippen LogP contribution is 2.32. The van der Waals surface area contributed by atoms with Crippen molar-refractivity contribution in [2.75, 3.05) is 33.9 Å². The van der Waals surface area contributed by atoms with Gasteiger partial charge in [-0.1, -0.05) is 18.2 Å². The van der Waals surface area contributed by atoms with Gasteiger partial charge in [-0.25, -0.2) is 13.1 Å². The maximum absolute atomic E-state index is 12.7. The Morgan fingerprint density at radius 3 is 2.54 bits per heavy atom. The number of benzene rings is 2. The number of likely N-dealkylation sites (tertiary alicyclic amines) is 1. The first-order valence-corrected chi connectivity index (χ1v) is 11.0. The van der Waals surface area contributed by atoms with Gasteiger partial charge in [-0.2, -0.15) is 0 Å². The van der Waals surface area contributed by atoms with Gasteiger partial charge < -0.3 is 9.47 Å². The molecule has 1 unspecified atom stereocenters. The van der Waals surface area contributed by atoms with Crippen LogP contribution in [-0.2, 0) is 10.0 Å². The highest BCUT2D eigenvalue weighted by Gasteiger charge is 2.26. The van der Waals surface area contributed by atoms with Crippen LogP contribution < -0.4 is 14.2 Å². The third kappa shape index (κ3) is 4.66. The van der Waals surface area contributed by atoms with Gasteiger partial charge in [0.1, 0.15) is 16.4 Å². The van der Waals surface area contributed by atoms with E-state index in [9.17, 15) is 8.42 Å². The zero-order valence-electron chi connectivity index (χ0n) is 16.6. The van der Waals surface area contributed by atoms with E-state index in [1.165, 1.54) is 12.7 Å². The molecule has 2 aromatic rings. The van der Waals surface area contributed by atoms with E-state index in [0.717, 1.165) is 30.7 Å². The predicted molar refractivity (Wildman–Crippen MR) is 109 cm³/mol. The van der Waals surface area contributed by atoms with Crippen molar-refractivity contribution >= 4 is 10.0 Å². The lowest BCUT2D eigenvalue weighted by Crippen LogP contribution is -2.34. The molecule has 2 aromatic carbocycles. The second-order valence-electron chi connectivity index (χ2n) is 7.02. The highest BCUT2D eigenvalue weighted by atomic mass is 32.2. The summed E-state index contributed by atoms with van der Waals surface area (Å²) in [5.41, 5.74) is 2.11. The van der Waals surface area contributed by atoms with Gasteiger partial charge in [0.15, 0.2) is 0 Å². The van der Waals surface area contributed by atoms with Crippen LogP contribution in [0.5, 0.6) is 11.5 Å². The smallest absolute Gasteiger partial charge is 0.244 e. The molecule has 28 heavy (non-hydrogen) atoms. The third-order valence-electron chi connectivity index (χ3n) is 5.16. The van der Waals surface area contributed by atoms with Crippen LogP contribution in [0.4, 0.5) is 0 Å². The lowest BCUT2D eigenvalue weighted by atomic mass is 10.0. The molecule has 7 heteroatoms. The Morgan fingerprint density at radius 1 is 1.11 bits per heavy atom. The molecule has 0 saturated carbocycles. The van der Waals surface area contributed by atoms with E-state index in [2.05, 4.69) is 21.8 Å². The van der Waals surface area contributed by atoms with Gasteiger partial charge in [0, 0.05) is 19.1 Å². The van der Waals surface area contributed by atoms with Crippen molar-refractivity contribution in [2.24, 2.45) is 0 Å². The maximum atomic E-state index is 12.7. The average molecular weight is 405 g/mol. The second kappa shape index (κ2) is 8.94. The Kier molecular flexibility index (Phi) is 6.59. The van der Waals surface area contributed by atoms with Gasteiger partial charge in [0.2, 0.25) is 10.0 Å². The summed E-state index contributed by atoms with van der Waals surface area (Å²) in [7, 11) is -0.488. The third-order valence-corrected chi connectivity index (χ3v) is 6.65. The van der Waals surface area contributed by atoms with Crippen LogP contribution in [0.3, 0.4) is 0 Å². The molecule has 3 rings (SSSR count). The number of hydrogen-bond acceptors (Lipinski definition) is 5. The molecule has 152 valence electrons. The monoisotopic (exact) mass is 404 g/mol. The fourth-order valence-corrected chi connectivity index (χ4v) is 4.97. The van der Waals surface area contributed by atoms with Gasteiger partial charge in [-0.05, 0) is 61.7 Å². The predicted octanol–water partition coefficient (Wildman–Crippen LogP) is 3.13. The number of nitrogens with one attached hydrogen (secondary N) is 1. The Labute approximate surface area is 167 Å². The molecule has 0 aromatic heterocycles. The van der Waals surface area contributed by atoms with Gasteiger partial charge in [-0.3, -0.25) is 4.90 Å². The Balaban J connectivity index is 1.64. The van der Waals surface area contributed by atoms with Crippen LogP contribution in [-0.4, -0.2) is 47.2 Å². The normalized spacial score (nSPS) is 17.6. The van der Waals surface area contributed by atoms with E-state index in [1.807, 2.05) is 25.1 Å². The summed E-state index contributed by atoms with van der Waals surface area (Å²) in [4.78, 5) is 2.51. The number of aryl methyl sites for hydroxylation is 1. The first-order valence-electron chi connectivity index (χ1n) is 9.47. The van der Waals surface area contributed by atoms with Crippen LogP contribution in [0.2, 0.25) is 0 Å². The maximum Gasteiger partial charge on any atom is 0.244 e. The summed E-state index contributed by atoms with van der Waals surface area (Å²) in [6.07, 6.45) is 2.18. The fourth-order valence-electron chi connectivity index (χ4n) is 3.69. The Hall–Kier alpha value is -2.09. The second-order valence-corrected chi connectivity index (χ2v) is 8.75. The first-order chi connectivity index (χ1) is 13.4. The van der Waals surface area contributed by atoms with Crippen molar-refractivity contribution < 1.29 is 17.9 Å². The van der Waals surface area contributed by atoms with E-state index < -0.39 is 10.0 Å². The van der Waals surface area contributed by atoms with E-state index in [1.54, 1.807) is 19.2 Å². The van der Waals surface area contributed by atoms with Crippen LogP contribution in [0.25, 0.3) is 0 Å². The number of rotatable bonds is 8. The minimum Gasteiger partial charge on any atom is -0.497 e. The van der Waals surface area contributed by atoms with Gasteiger partial charge in [-0.15, -0.1) is 0 Å². The van der Waals surface area contributed by atoms with Crippen molar-refractivity contribution in [1.29, 1.82) is 0 Å². The van der Waals surface area contributed by atoms with E-state index in [4.69, 9.17) is 9.47 Å². The van der Waals surface area contributed by atoms with Gasteiger partial charge in [0.05, 0.1) is 14.2 Å². The van der Waals surface area contributed by atoms with Crippen molar-refractivity contribution in [3.8, 4) is 11.5 Å². The van der Waals surface area contributed by atoms with Crippen molar-refractivity contribution in [3.05, 3.63) is 53.6 Å². The number of methoxy groups -OCH3 is 2. The van der Waals surface area contributed by atoms with Crippen LogP contribution in [0.1, 0.15) is 30.0 Å². The van der Waals surface area contributed by atoms with Crippen molar-refractivity contribution in [2.45, 2.75) is 30.7 Å². The molecule has 1 atom stereocenters. The zero-order chi connectivity index (χ0) is 20.1. The minimum absolute atomic E-state index is 0.183. The van der Waals surface area contributed by atoms with Gasteiger partial charge >= 0.3 is 0 Å². The molecule has 1 heterocycles. The van der Waals surface area contributed by atoms with E-state index >= 15 is 0 Å². The number of nitrogens with zero attached hydrogens (tertiary/aromatic N) is 1. The van der Waals surface area contributed by atoms with Crippen LogP contribution in [0.15, 0.2) is 47.4 Å². The van der Waals surface area contributed by atoms with Crippen molar-refractivity contribution in [3.63, 3.8) is 0 Å². The Bertz CT molecular complexity index is 897. The molecular weight excluding hydrogens is 376 g/mol. The number of ether oxygens (including phenoxy) is 2. The molecule has 1 aliphatic heterocycles. The quantitative estimate of drug-likeness (QED) is 0.732. The molecule has 1 N–H and O–H groups in total. The topological polar surface area (TPSA) is 67.9 Å². The summed E-state index contributed by atoms with van der Waals surface area (Å²) in [5, 5.41) is 0. The summed E-state index contributed by atoms with van der Waals surface area (Å²) >= 11 is 0. The average Bonchev–Trinajstić information content (AvgIpc) is 3.16. The molecule has 0 spiro atoms. The standard InChI is InChI=1S/C21H28N2O4S/c1-16-6-11-20(27-3)21(15-16)28(24,25)22-12-14-23-13-4-5-19(23)17-7-9-18(26-2)10-8-17/h6-11,15,19,22H,4-5,12-14H2,1-3H3. The number of hydrogen-bond donors (Lipinski definition) is 1. The first kappa shape index (κ1) is 20.6. The lowest BCUT2D eigenvalue weighted by molar-refractivity contribution is 0.261. The molecule has 1 saturated heterocycles. The number of sulfonamides is 1. The summed E-state index contributed by atoms with van der Waals surface area (Å²) in [5.74, 6) is 1.20. The molecule has 1 aliphatic rings. The summed E-state index contributed by atoms with van der Waals surface area (Å²) in [6, 6.07) is 13.6. The fraction of sp³-hybridized carbons (Fsp3) is 0.429. The molecule has 1 fully saturated rings. The highest BCUT2D eigenvalue weighted by molar-refractivity contribution is 7.89. The van der Waals surface area contributed by atoms with Crippen LogP contribution >= 0.6 is 0 Å². The molecule has 0 bridgehead atoms. The Morgan fingerprint density at radius 2 is 1.86 bits per heavy atom. The lowest BCUT2D eigenvalue weighted by Gasteiger charge is -2.25. The molecule has 0 radical (unpaired) electrons. The molecular formula is C21H28N2O4S. The SMILES string of the molecule is COc1ccc(C2CCCN2CCNS(=O)(=O)c2cc(C)ccc2OC)cc1. The van der Waals surface area contributed by atoms with E-state index in [-0.39, 0.29) is 4.90 Å².